The minimum Gasteiger partial charge on any atom is -0.407 e. The zero-order valence-corrected chi connectivity index (χ0v) is 14.3. The Bertz CT molecular complexity index is 796. The molecule has 3 rings (SSSR count). The maximum atomic E-state index is 13.3. The van der Waals surface area contributed by atoms with Crippen LogP contribution in [0.1, 0.15) is 17.7 Å². The topological polar surface area (TPSA) is 108 Å². The van der Waals surface area contributed by atoms with Crippen molar-refractivity contribution < 1.29 is 23.8 Å². The fourth-order valence-corrected chi connectivity index (χ4v) is 2.89. The summed E-state index contributed by atoms with van der Waals surface area (Å²) in [6, 6.07) is 5.51. The summed E-state index contributed by atoms with van der Waals surface area (Å²) in [6.45, 7) is 0.369. The third-order valence-corrected chi connectivity index (χ3v) is 4.10. The molecule has 2 heterocycles. The van der Waals surface area contributed by atoms with E-state index in [-0.39, 0.29) is 31.1 Å². The minimum absolute atomic E-state index is 0.0564. The molecule has 1 saturated heterocycles. The van der Waals surface area contributed by atoms with Gasteiger partial charge in [0.05, 0.1) is 12.2 Å². The predicted octanol–water partition coefficient (Wildman–Crippen LogP) is 1.55. The van der Waals surface area contributed by atoms with E-state index in [0.717, 1.165) is 6.07 Å². The van der Waals surface area contributed by atoms with Gasteiger partial charge in [-0.05, 0) is 29.8 Å². The number of carbonyl (C=O) groups excluding carboxylic acids is 2. The Morgan fingerprint density at radius 1 is 1.50 bits per heavy atom. The van der Waals surface area contributed by atoms with Crippen LogP contribution in [0.4, 0.5) is 9.18 Å². The second kappa shape index (κ2) is 7.30. The number of amides is 2. The van der Waals surface area contributed by atoms with Crippen LogP contribution >= 0.6 is 11.6 Å². The van der Waals surface area contributed by atoms with Crippen LogP contribution in [0, 0.1) is 5.82 Å². The maximum absolute atomic E-state index is 13.3. The lowest BCUT2D eigenvalue weighted by Crippen LogP contribution is -2.45. The van der Waals surface area contributed by atoms with Gasteiger partial charge >= 0.3 is 6.09 Å². The second-order valence-electron chi connectivity index (χ2n) is 5.86. The van der Waals surface area contributed by atoms with Crippen LogP contribution in [0.25, 0.3) is 0 Å². The number of carbonyl (C=O) groups is 2. The fourth-order valence-electron chi connectivity index (χ4n) is 2.64. The predicted molar refractivity (Wildman–Crippen MR) is 88.3 cm³/mol. The highest BCUT2D eigenvalue weighted by molar-refractivity contribution is 6.30. The highest BCUT2D eigenvalue weighted by atomic mass is 35.5. The molecule has 8 nitrogen and oxygen atoms in total. The number of hydrogen-bond acceptors (Lipinski definition) is 5. The molecule has 138 valence electrons. The average molecular weight is 383 g/mol. The number of H-pyrrole nitrogens is 1. The van der Waals surface area contributed by atoms with Crippen molar-refractivity contribution in [1.82, 2.24) is 20.4 Å². The van der Waals surface area contributed by atoms with Gasteiger partial charge in [-0.3, -0.25) is 9.89 Å². The normalized spacial score (nSPS) is 19.7. The van der Waals surface area contributed by atoms with Crippen LogP contribution in [0.5, 0.6) is 0 Å². The van der Waals surface area contributed by atoms with Crippen molar-refractivity contribution in [2.45, 2.75) is 25.3 Å². The van der Waals surface area contributed by atoms with Crippen molar-refractivity contribution in [2.24, 2.45) is 0 Å². The Hall–Kier alpha value is -2.65. The maximum Gasteiger partial charge on any atom is 0.410 e. The van der Waals surface area contributed by atoms with Crippen molar-refractivity contribution in [3.63, 3.8) is 0 Å². The van der Waals surface area contributed by atoms with Crippen molar-refractivity contribution in [2.75, 3.05) is 6.54 Å². The van der Waals surface area contributed by atoms with Crippen molar-refractivity contribution in [3.05, 3.63) is 52.6 Å². The van der Waals surface area contributed by atoms with E-state index in [1.54, 1.807) is 12.3 Å². The van der Waals surface area contributed by atoms with Gasteiger partial charge in [0.1, 0.15) is 5.82 Å². The molecule has 0 spiro atoms. The minimum atomic E-state index is -2.23. The molecular weight excluding hydrogens is 367 g/mol. The molecule has 1 unspecified atom stereocenters. The summed E-state index contributed by atoms with van der Waals surface area (Å²) in [5.74, 6) is -3.48. The summed E-state index contributed by atoms with van der Waals surface area (Å²) < 4.78 is 18.2. The Morgan fingerprint density at radius 2 is 2.31 bits per heavy atom. The Morgan fingerprint density at radius 3 is 3.00 bits per heavy atom. The number of nitrogens with zero attached hydrogens (tertiary/aromatic N) is 2. The fraction of sp³-hybridized carbons (Fsp3) is 0.312. The molecule has 1 fully saturated rings. The first-order valence-corrected chi connectivity index (χ1v) is 8.15. The van der Waals surface area contributed by atoms with Crippen molar-refractivity contribution in [1.29, 1.82) is 0 Å². The second-order valence-corrected chi connectivity index (χ2v) is 6.30. The molecule has 0 bridgehead atoms. The summed E-state index contributed by atoms with van der Waals surface area (Å²) in [7, 11) is 0. The Kier molecular flexibility index (Phi) is 5.10. The van der Waals surface area contributed by atoms with Crippen molar-refractivity contribution in [3.8, 4) is 0 Å². The molecule has 2 amide bonds. The van der Waals surface area contributed by atoms with E-state index >= 15 is 0 Å². The molecule has 26 heavy (non-hydrogen) atoms. The van der Waals surface area contributed by atoms with Crippen molar-refractivity contribution >= 4 is 23.6 Å². The molecular formula is C16H16ClFN4O4. The number of likely N-dealkylation sites (tertiary alicyclic amines) is 1. The van der Waals surface area contributed by atoms with E-state index in [0.29, 0.717) is 11.3 Å². The molecule has 2 aromatic rings. The Labute approximate surface area is 152 Å². The standard InChI is InChI=1S/C16H16ClFN4O4/c17-11-5-10(6-12(18)7-11)8-19-15(24)26-16(25)2-4-22(14(16)23)9-13-1-3-20-21-13/h1,3,5-7,25H,2,4,8-9H2,(H,19,24)(H,20,21). The van der Waals surface area contributed by atoms with Gasteiger partial charge in [-0.15, -0.1) is 0 Å². The molecule has 0 saturated carbocycles. The molecule has 1 atom stereocenters. The van der Waals surface area contributed by atoms with Crippen LogP contribution in [0.3, 0.4) is 0 Å². The van der Waals surface area contributed by atoms with E-state index in [9.17, 15) is 19.1 Å². The number of ether oxygens (including phenoxy) is 1. The number of aromatic nitrogens is 2. The van der Waals surface area contributed by atoms with Gasteiger partial charge in [0.2, 0.25) is 0 Å². The molecule has 1 aromatic heterocycles. The first-order valence-electron chi connectivity index (χ1n) is 7.77. The van der Waals surface area contributed by atoms with Crippen LogP contribution in [0.15, 0.2) is 30.5 Å². The largest absolute Gasteiger partial charge is 0.410 e. The van der Waals surface area contributed by atoms with Crippen LogP contribution in [-0.2, 0) is 22.6 Å². The zero-order chi connectivity index (χ0) is 18.7. The third kappa shape index (κ3) is 4.12. The van der Waals surface area contributed by atoms with Gasteiger partial charge in [0, 0.05) is 30.7 Å². The summed E-state index contributed by atoms with van der Waals surface area (Å²) in [4.78, 5) is 25.6. The first kappa shape index (κ1) is 18.2. The van der Waals surface area contributed by atoms with Gasteiger partial charge in [0.15, 0.2) is 0 Å². The van der Waals surface area contributed by atoms with E-state index in [2.05, 4.69) is 15.5 Å². The highest BCUT2D eigenvalue weighted by Crippen LogP contribution is 2.25. The molecule has 1 aliphatic rings. The number of nitrogens with one attached hydrogen (secondary N) is 2. The quantitative estimate of drug-likeness (QED) is 0.680. The molecule has 0 radical (unpaired) electrons. The summed E-state index contributed by atoms with van der Waals surface area (Å²) >= 11 is 5.74. The first-order chi connectivity index (χ1) is 12.4. The van der Waals surface area contributed by atoms with Gasteiger partial charge < -0.3 is 20.1 Å². The summed E-state index contributed by atoms with van der Waals surface area (Å²) in [5, 5.41) is 19.4. The van der Waals surface area contributed by atoms with Gasteiger partial charge in [-0.25, -0.2) is 9.18 Å². The number of alkyl carbamates (subject to hydrolysis) is 1. The third-order valence-electron chi connectivity index (χ3n) is 3.88. The summed E-state index contributed by atoms with van der Waals surface area (Å²) in [5.41, 5.74) is 1.10. The number of halogens is 2. The number of hydrogen-bond donors (Lipinski definition) is 3. The molecule has 10 heteroatoms. The van der Waals surface area contributed by atoms with Crippen LogP contribution in [-0.4, -0.2) is 44.5 Å². The van der Waals surface area contributed by atoms with Gasteiger partial charge in [-0.2, -0.15) is 5.10 Å². The lowest BCUT2D eigenvalue weighted by atomic mass is 10.2. The molecule has 1 aliphatic heterocycles. The van der Waals surface area contributed by atoms with E-state index in [4.69, 9.17) is 16.3 Å². The van der Waals surface area contributed by atoms with E-state index < -0.39 is 23.6 Å². The lowest BCUT2D eigenvalue weighted by molar-refractivity contribution is -0.182. The van der Waals surface area contributed by atoms with Gasteiger partial charge in [0.25, 0.3) is 11.7 Å². The van der Waals surface area contributed by atoms with Gasteiger partial charge in [-0.1, -0.05) is 11.6 Å². The van der Waals surface area contributed by atoms with E-state index in [1.807, 2.05) is 0 Å². The Balaban J connectivity index is 1.55. The number of aromatic amines is 1. The summed E-state index contributed by atoms with van der Waals surface area (Å²) in [6.07, 6.45) is 0.494. The van der Waals surface area contributed by atoms with E-state index in [1.165, 1.54) is 17.0 Å². The number of benzene rings is 1. The van der Waals surface area contributed by atoms with Crippen LogP contribution < -0.4 is 5.32 Å². The SMILES string of the molecule is O=C(NCc1cc(F)cc(Cl)c1)OC1(O)CCN(Cc2ccn[nH]2)C1=O. The number of rotatable bonds is 5. The molecule has 3 N–H and O–H groups in total. The molecule has 0 aliphatic carbocycles. The van der Waals surface area contributed by atoms with Crippen LogP contribution in [0.2, 0.25) is 5.02 Å². The zero-order valence-electron chi connectivity index (χ0n) is 13.5. The molecule has 1 aromatic carbocycles. The highest BCUT2D eigenvalue weighted by Gasteiger charge is 2.49. The smallest absolute Gasteiger partial charge is 0.407 e. The number of aliphatic hydroxyl groups is 1. The lowest BCUT2D eigenvalue weighted by Gasteiger charge is -2.22. The monoisotopic (exact) mass is 382 g/mol. The average Bonchev–Trinajstić information content (AvgIpc) is 3.17.